The summed E-state index contributed by atoms with van der Waals surface area (Å²) < 4.78 is 0. The lowest BCUT2D eigenvalue weighted by atomic mass is 9.96. The molecule has 16 amide bonds. The highest BCUT2D eigenvalue weighted by Crippen LogP contribution is 2.23. The number of carbonyl (C=O) groups is 19. The van der Waals surface area contributed by atoms with Crippen molar-refractivity contribution >= 4 is 131 Å². The van der Waals surface area contributed by atoms with Crippen LogP contribution in [0.25, 0.3) is 0 Å². The van der Waals surface area contributed by atoms with Crippen LogP contribution in [-0.2, 0) is 104 Å². The summed E-state index contributed by atoms with van der Waals surface area (Å²) in [4.78, 5) is 263. The average Bonchev–Trinajstić information content (AvgIpc) is 1.68. The van der Waals surface area contributed by atoms with Crippen molar-refractivity contribution in [2.75, 3.05) is 31.9 Å². The first-order valence-corrected chi connectivity index (χ1v) is 43.1. The molecule has 0 unspecified atom stereocenters. The molecule has 2 aromatic rings. The van der Waals surface area contributed by atoms with Gasteiger partial charge in [-0.3, -0.25) is 96.5 Å². The lowest BCUT2D eigenvalue weighted by Crippen LogP contribution is -2.62. The van der Waals surface area contributed by atoms with Crippen LogP contribution in [0.4, 0.5) is 0 Å². The van der Waals surface area contributed by atoms with Crippen LogP contribution < -0.4 is 103 Å². The largest absolute Gasteiger partial charge is 0.508 e. The van der Waals surface area contributed by atoms with E-state index >= 15 is 0 Å². The Hall–Kier alpha value is -12.5. The molecule has 45 nitrogen and oxygen atoms in total. The average molecular weight is 1830 g/mol. The fourth-order valence-electron chi connectivity index (χ4n) is 13.3. The van der Waals surface area contributed by atoms with Crippen LogP contribution in [-0.4, -0.2) is 265 Å². The van der Waals surface area contributed by atoms with Gasteiger partial charge in [-0.15, -0.1) is 0 Å². The van der Waals surface area contributed by atoms with Crippen molar-refractivity contribution in [1.82, 2.24) is 79.3 Å². The van der Waals surface area contributed by atoms with Crippen LogP contribution in [0.5, 0.6) is 11.5 Å². The molecule has 17 atom stereocenters. The molecule has 1 aliphatic rings. The van der Waals surface area contributed by atoms with Gasteiger partial charge in [-0.1, -0.05) is 98.9 Å². The first-order valence-electron chi connectivity index (χ1n) is 42.4. The maximum atomic E-state index is 14.9. The number of aromatic hydroxyl groups is 2. The topological polar surface area (TPSA) is 751 Å². The molecule has 712 valence electrons. The van der Waals surface area contributed by atoms with E-state index in [1.54, 1.807) is 34.6 Å². The number of phenolic OH excluding ortho intramolecular Hbond substituents is 2. The highest BCUT2D eigenvalue weighted by molar-refractivity contribution is 7.80. The predicted octanol–water partition coefficient (Wildman–Crippen LogP) is -4.79. The number of nitrogens with zero attached hydrogens (tertiary/aromatic N) is 1. The molecule has 2 aromatic carbocycles. The predicted molar refractivity (Wildman–Crippen MR) is 465 cm³/mol. The van der Waals surface area contributed by atoms with E-state index in [-0.39, 0.29) is 99.7 Å². The monoisotopic (exact) mass is 1820 g/mol. The minimum Gasteiger partial charge on any atom is -0.508 e. The zero-order valence-electron chi connectivity index (χ0n) is 73.3. The van der Waals surface area contributed by atoms with Gasteiger partial charge in [0.05, 0.1) is 12.5 Å². The summed E-state index contributed by atoms with van der Waals surface area (Å²) in [5, 5.41) is 91.9. The maximum absolute atomic E-state index is 14.9. The normalized spacial score (nSPS) is 16.1. The first-order chi connectivity index (χ1) is 60.3. The fraction of sp³-hybridized carbons (Fsp3) is 0.610. The van der Waals surface area contributed by atoms with Crippen molar-refractivity contribution in [2.24, 2.45) is 52.3 Å². The Kier molecular flexibility index (Phi) is 47.9. The summed E-state index contributed by atoms with van der Waals surface area (Å²) in [6.07, 6.45) is -4.68. The Bertz CT molecular complexity index is 4170. The van der Waals surface area contributed by atoms with E-state index in [9.17, 15) is 117 Å². The zero-order valence-corrected chi connectivity index (χ0v) is 74.2. The second-order valence-electron chi connectivity index (χ2n) is 32.0. The standard InChI is InChI=1S/C82H129N21O24S/c1-9-42(6)64(86)77(123)99-57(40-128)75(121)102-67(44(8)11-3)80(126)94-52(29-32-62(110)111)68(114)95-53(17-14-34-89-82(87)88)81(127)103-35-15-18-58(103)76(122)93-51(28-31-61(108)109)70(116)97-56(38-60(85)107)73(119)92-50(27-30-59(84)106)69(115)96-55(37-46-21-25-48(105)26-22-46)74(120)100-65(41(4)5)79(125)98-54(36-45-19-23-47(104)24-20-45)72(118)91-49(16-12-13-33-83)71(117)101-66(43(7)10-2)78(124)90-39-63(112)113/h19-26,41-44,49-58,64-67,104-105,128H,9-18,27-40,83,86H2,1-8H3,(H2,84,106)(H2,85,107)(H,90,124)(H,91,118)(H,92,119)(H,93,122)(H,94,126)(H,95,114)(H,96,115)(H,97,116)(H,98,125)(H,99,123)(H,100,120)(H,101,117)(H,102,121)(H,108,109)(H,110,111)(H,112,113)(H4,87,88,89)/t42-,43-,44-,49-,50-,51-,52-,53-,54-,55-,56-,57-,58-,64-,65-,66-,67-/m0/s1. The number of carboxylic acids is 3. The zero-order chi connectivity index (χ0) is 96.4. The number of nitrogens with two attached hydrogens (primary N) is 5. The van der Waals surface area contributed by atoms with Crippen molar-refractivity contribution in [2.45, 2.75) is 262 Å². The molecule has 30 N–H and O–H groups in total. The van der Waals surface area contributed by atoms with Crippen LogP contribution in [0.3, 0.4) is 0 Å². The number of carbonyl (C=O) groups excluding carboxylic acids is 16. The van der Waals surface area contributed by atoms with E-state index < -0.39 is 279 Å². The van der Waals surface area contributed by atoms with Gasteiger partial charge in [0.2, 0.25) is 94.5 Å². The molecule has 0 aliphatic carbocycles. The van der Waals surface area contributed by atoms with Crippen molar-refractivity contribution < 1.29 is 117 Å². The minimum atomic E-state index is -2.11. The number of hydrogen-bond donors (Lipinski definition) is 26. The summed E-state index contributed by atoms with van der Waals surface area (Å²) in [5.41, 5.74) is 29.2. The van der Waals surface area contributed by atoms with E-state index in [0.29, 0.717) is 24.8 Å². The van der Waals surface area contributed by atoms with Crippen LogP contribution in [0.15, 0.2) is 48.5 Å². The summed E-state index contributed by atoms with van der Waals surface area (Å²) in [7, 11) is 0. The molecule has 3 rings (SSSR count). The van der Waals surface area contributed by atoms with Gasteiger partial charge in [0.15, 0.2) is 5.96 Å². The Morgan fingerprint density at radius 2 is 0.828 bits per heavy atom. The third-order valence-corrected chi connectivity index (χ3v) is 21.9. The summed E-state index contributed by atoms with van der Waals surface area (Å²) in [6, 6.07) is -11.5. The molecule has 0 aromatic heterocycles. The molecule has 0 bridgehead atoms. The Labute approximate surface area is 746 Å². The quantitative estimate of drug-likeness (QED) is 0.0128. The van der Waals surface area contributed by atoms with Gasteiger partial charge in [0.1, 0.15) is 96.6 Å². The number of likely N-dealkylation sites (tertiary alicyclic amines) is 1. The third-order valence-electron chi connectivity index (χ3n) is 21.6. The Balaban J connectivity index is 2.06. The molecule has 128 heavy (non-hydrogen) atoms. The molecule has 0 radical (unpaired) electrons. The smallest absolute Gasteiger partial charge is 0.322 e. The third kappa shape index (κ3) is 38.4. The number of phenols is 2. The van der Waals surface area contributed by atoms with Crippen molar-refractivity contribution in [3.8, 4) is 11.5 Å². The van der Waals surface area contributed by atoms with Crippen LogP contribution >= 0.6 is 12.6 Å². The van der Waals surface area contributed by atoms with Crippen LogP contribution in [0.1, 0.15) is 176 Å². The number of aliphatic carboxylic acids is 3. The summed E-state index contributed by atoms with van der Waals surface area (Å²) >= 11 is 4.22. The van der Waals surface area contributed by atoms with Gasteiger partial charge < -0.3 is 134 Å². The number of rotatable bonds is 59. The van der Waals surface area contributed by atoms with Gasteiger partial charge in [-0.25, -0.2) is 0 Å². The molecule has 1 saturated heterocycles. The lowest BCUT2D eigenvalue weighted by molar-refractivity contribution is -0.143. The van der Waals surface area contributed by atoms with E-state index in [1.165, 1.54) is 62.4 Å². The highest BCUT2D eigenvalue weighted by Gasteiger charge is 2.43. The van der Waals surface area contributed by atoms with E-state index in [4.69, 9.17) is 34.1 Å². The second-order valence-corrected chi connectivity index (χ2v) is 32.3. The molecular formula is C82H129N21O24S. The fourth-order valence-corrected chi connectivity index (χ4v) is 13.6. The van der Waals surface area contributed by atoms with Crippen molar-refractivity contribution in [3.05, 3.63) is 59.7 Å². The van der Waals surface area contributed by atoms with Crippen molar-refractivity contribution in [3.63, 3.8) is 0 Å². The van der Waals surface area contributed by atoms with E-state index in [1.807, 2.05) is 6.92 Å². The van der Waals surface area contributed by atoms with E-state index in [0.717, 1.165) is 4.90 Å². The Morgan fingerprint density at radius 1 is 0.438 bits per heavy atom. The van der Waals surface area contributed by atoms with Gasteiger partial charge in [-0.2, -0.15) is 12.6 Å². The molecule has 0 saturated carbocycles. The number of guanidine groups is 1. The van der Waals surface area contributed by atoms with Crippen LogP contribution in [0, 0.1) is 29.1 Å². The van der Waals surface area contributed by atoms with E-state index in [2.05, 4.69) is 87.1 Å². The minimum absolute atomic E-state index is 0.0222. The number of primary amides is 2. The second kappa shape index (κ2) is 55.9. The van der Waals surface area contributed by atoms with Crippen molar-refractivity contribution in [1.29, 1.82) is 5.41 Å². The summed E-state index contributed by atoms with van der Waals surface area (Å²) in [5.74, 6) is -24.4. The van der Waals surface area contributed by atoms with Gasteiger partial charge in [-0.05, 0) is 130 Å². The number of hydrogen-bond acceptors (Lipinski definition) is 25. The summed E-state index contributed by atoms with van der Waals surface area (Å²) in [6.45, 7) is 12.4. The number of thiol groups is 1. The first kappa shape index (κ1) is 110. The molecule has 1 heterocycles. The number of benzene rings is 2. The molecular weight excluding hydrogens is 1700 g/mol. The molecule has 0 spiro atoms. The number of nitrogens with one attached hydrogen (secondary N) is 15. The Morgan fingerprint density at radius 3 is 1.29 bits per heavy atom. The molecule has 1 fully saturated rings. The van der Waals surface area contributed by atoms with Gasteiger partial charge in [0.25, 0.3) is 0 Å². The maximum Gasteiger partial charge on any atom is 0.322 e. The highest BCUT2D eigenvalue weighted by atomic mass is 32.1. The number of amides is 16. The number of carboxylic acid groups (broad SMARTS) is 3. The molecule has 1 aliphatic heterocycles. The van der Waals surface area contributed by atoms with Gasteiger partial charge in [0, 0.05) is 50.9 Å². The van der Waals surface area contributed by atoms with Crippen LogP contribution in [0.2, 0.25) is 0 Å². The number of unbranched alkanes of at least 4 members (excludes halogenated alkanes) is 1. The lowest BCUT2D eigenvalue weighted by Gasteiger charge is -2.31. The SMILES string of the molecule is CC[C@H](C)[C@H](N)C(=O)N[C@@H](CS)C(=O)N[C@H](C(=O)N[C@@H](CCC(=O)O)C(=O)N[C@@H](CCCNC(=N)N)C(=O)N1CCC[C@H]1C(=O)N[C@@H](CCC(=O)O)C(=O)N[C@@H](CC(N)=O)C(=O)N[C@@H](CCC(N)=O)C(=O)N[C@@H](Cc1ccc(O)cc1)C(=O)N[C@H](C(=O)N[C@@H](Cc1ccc(O)cc1)C(=O)N[C@@H](CCCCN)C(=O)N[C@H](C(=O)NCC(=O)O)[C@@H](C)CC)C(C)C)[C@@H](C)CC. The molecule has 46 heteroatoms. The van der Waals surface area contributed by atoms with Gasteiger partial charge >= 0.3 is 17.9 Å².